The molecule has 0 aliphatic heterocycles. The van der Waals surface area contributed by atoms with Gasteiger partial charge < -0.3 is 14.8 Å². The highest BCUT2D eigenvalue weighted by Crippen LogP contribution is 2.14. The normalized spacial score (nSPS) is 10.2. The first-order valence-electron chi connectivity index (χ1n) is 8.91. The summed E-state index contributed by atoms with van der Waals surface area (Å²) < 4.78 is 10.7. The zero-order chi connectivity index (χ0) is 18.8. The number of carbonyl (C=O) groups is 2. The van der Waals surface area contributed by atoms with E-state index in [1.807, 2.05) is 31.2 Å². The number of anilines is 1. The van der Waals surface area contributed by atoms with Crippen LogP contribution in [-0.4, -0.2) is 25.1 Å². The smallest absolute Gasteiger partial charge is 0.338 e. The summed E-state index contributed by atoms with van der Waals surface area (Å²) in [4.78, 5) is 23.8. The maximum absolute atomic E-state index is 12.0. The van der Waals surface area contributed by atoms with Gasteiger partial charge in [0.15, 0.2) is 6.61 Å². The Hall–Kier alpha value is -2.82. The van der Waals surface area contributed by atoms with Crippen molar-refractivity contribution in [1.82, 2.24) is 0 Å². The molecule has 0 spiro atoms. The van der Waals surface area contributed by atoms with Crippen molar-refractivity contribution < 1.29 is 19.1 Å². The van der Waals surface area contributed by atoms with E-state index in [1.54, 1.807) is 24.3 Å². The molecule has 0 fully saturated rings. The molecule has 0 radical (unpaired) electrons. The Balaban J connectivity index is 1.82. The maximum atomic E-state index is 12.0. The van der Waals surface area contributed by atoms with Crippen LogP contribution in [0.4, 0.5) is 5.69 Å². The number of carbonyl (C=O) groups excluding carboxylic acids is 2. The SMILES string of the molecule is CCCCOC(=O)c1ccc(NC(=O)COc2cccc(CC)c2)cc1. The highest BCUT2D eigenvalue weighted by Gasteiger charge is 2.08. The third kappa shape index (κ3) is 6.24. The van der Waals surface area contributed by atoms with Crippen molar-refractivity contribution in [2.45, 2.75) is 33.1 Å². The molecule has 0 aromatic heterocycles. The summed E-state index contributed by atoms with van der Waals surface area (Å²) in [5, 5.41) is 2.74. The van der Waals surface area contributed by atoms with Crippen molar-refractivity contribution in [2.24, 2.45) is 0 Å². The van der Waals surface area contributed by atoms with Crippen molar-refractivity contribution in [3.05, 3.63) is 59.7 Å². The van der Waals surface area contributed by atoms with Crippen molar-refractivity contribution in [2.75, 3.05) is 18.5 Å². The van der Waals surface area contributed by atoms with Crippen LogP contribution in [0.1, 0.15) is 42.6 Å². The van der Waals surface area contributed by atoms with E-state index < -0.39 is 0 Å². The van der Waals surface area contributed by atoms with Crippen molar-refractivity contribution in [3.8, 4) is 5.75 Å². The lowest BCUT2D eigenvalue weighted by Gasteiger charge is -2.09. The van der Waals surface area contributed by atoms with Crippen LogP contribution in [0.2, 0.25) is 0 Å². The Morgan fingerprint density at radius 3 is 2.50 bits per heavy atom. The lowest BCUT2D eigenvalue weighted by atomic mass is 10.2. The molecule has 0 bridgehead atoms. The second-order valence-corrected chi connectivity index (χ2v) is 5.90. The number of esters is 1. The topological polar surface area (TPSA) is 64.6 Å². The second-order valence-electron chi connectivity index (χ2n) is 5.90. The quantitative estimate of drug-likeness (QED) is 0.540. The van der Waals surface area contributed by atoms with Gasteiger partial charge in [-0.2, -0.15) is 0 Å². The first kappa shape index (κ1) is 19.5. The predicted molar refractivity (Wildman–Crippen MR) is 102 cm³/mol. The fourth-order valence-corrected chi connectivity index (χ4v) is 2.28. The molecular weight excluding hydrogens is 330 g/mol. The summed E-state index contributed by atoms with van der Waals surface area (Å²) in [6.07, 6.45) is 2.74. The Morgan fingerprint density at radius 2 is 1.81 bits per heavy atom. The number of nitrogens with one attached hydrogen (secondary N) is 1. The molecule has 0 aliphatic rings. The van der Waals surface area contributed by atoms with Gasteiger partial charge in [0, 0.05) is 5.69 Å². The number of benzene rings is 2. The second kappa shape index (κ2) is 10.2. The molecule has 0 saturated heterocycles. The van der Waals surface area contributed by atoms with Crippen LogP contribution in [0, 0.1) is 0 Å². The molecular formula is C21H25NO4. The molecule has 0 heterocycles. The highest BCUT2D eigenvalue weighted by atomic mass is 16.5. The van der Waals surface area contributed by atoms with E-state index in [-0.39, 0.29) is 18.5 Å². The average molecular weight is 355 g/mol. The van der Waals surface area contributed by atoms with Crippen LogP contribution in [0.25, 0.3) is 0 Å². The first-order valence-corrected chi connectivity index (χ1v) is 8.91. The standard InChI is InChI=1S/C21H25NO4/c1-3-5-13-25-21(24)17-9-11-18(12-10-17)22-20(23)15-26-19-8-6-7-16(4-2)14-19/h6-12,14H,3-5,13,15H2,1-2H3,(H,22,23). The van der Waals surface area contributed by atoms with Crippen LogP contribution in [0.3, 0.4) is 0 Å². The van der Waals surface area contributed by atoms with Gasteiger partial charge in [0.25, 0.3) is 5.91 Å². The molecule has 2 aromatic carbocycles. The molecule has 1 N–H and O–H groups in total. The average Bonchev–Trinajstić information content (AvgIpc) is 2.67. The summed E-state index contributed by atoms with van der Waals surface area (Å²) in [5.41, 5.74) is 2.22. The molecule has 0 aliphatic carbocycles. The van der Waals surface area contributed by atoms with Gasteiger partial charge in [-0.3, -0.25) is 4.79 Å². The van der Waals surface area contributed by atoms with Gasteiger partial charge in [0.2, 0.25) is 0 Å². The summed E-state index contributed by atoms with van der Waals surface area (Å²) in [6.45, 7) is 4.45. The summed E-state index contributed by atoms with van der Waals surface area (Å²) >= 11 is 0. The van der Waals surface area contributed by atoms with Crippen LogP contribution < -0.4 is 10.1 Å². The summed E-state index contributed by atoms with van der Waals surface area (Å²) in [5.74, 6) is 0.0605. The van der Waals surface area contributed by atoms with E-state index in [4.69, 9.17) is 9.47 Å². The molecule has 1 amide bonds. The minimum Gasteiger partial charge on any atom is -0.484 e. The molecule has 26 heavy (non-hydrogen) atoms. The van der Waals surface area contributed by atoms with Crippen molar-refractivity contribution >= 4 is 17.6 Å². The number of unbranched alkanes of at least 4 members (excludes halogenated alkanes) is 1. The van der Waals surface area contributed by atoms with Gasteiger partial charge in [-0.05, 0) is 54.8 Å². The van der Waals surface area contributed by atoms with E-state index in [9.17, 15) is 9.59 Å². The molecule has 2 aromatic rings. The first-order chi connectivity index (χ1) is 12.6. The van der Waals surface area contributed by atoms with Gasteiger partial charge in [-0.1, -0.05) is 32.4 Å². The van der Waals surface area contributed by atoms with Crippen LogP contribution in [-0.2, 0) is 16.0 Å². The van der Waals surface area contributed by atoms with Crippen molar-refractivity contribution in [1.29, 1.82) is 0 Å². The van der Waals surface area contributed by atoms with E-state index >= 15 is 0 Å². The number of amides is 1. The lowest BCUT2D eigenvalue weighted by molar-refractivity contribution is -0.118. The predicted octanol–water partition coefficient (Wildman–Crippen LogP) is 4.22. The van der Waals surface area contributed by atoms with Gasteiger partial charge >= 0.3 is 5.97 Å². The Labute approximate surface area is 154 Å². The maximum Gasteiger partial charge on any atom is 0.338 e. The Morgan fingerprint density at radius 1 is 1.04 bits per heavy atom. The van der Waals surface area contributed by atoms with E-state index in [2.05, 4.69) is 12.2 Å². The fourth-order valence-electron chi connectivity index (χ4n) is 2.28. The number of hydrogen-bond donors (Lipinski definition) is 1. The summed E-state index contributed by atoms with van der Waals surface area (Å²) in [7, 11) is 0. The van der Waals surface area contributed by atoms with Crippen molar-refractivity contribution in [3.63, 3.8) is 0 Å². The molecule has 0 unspecified atom stereocenters. The third-order valence-corrected chi connectivity index (χ3v) is 3.81. The largest absolute Gasteiger partial charge is 0.484 e. The monoisotopic (exact) mass is 355 g/mol. The summed E-state index contributed by atoms with van der Waals surface area (Å²) in [6, 6.07) is 14.3. The molecule has 0 saturated carbocycles. The van der Waals surface area contributed by atoms with Crippen LogP contribution in [0.15, 0.2) is 48.5 Å². The van der Waals surface area contributed by atoms with E-state index in [1.165, 1.54) is 0 Å². The minimum atomic E-state index is -0.351. The molecule has 138 valence electrons. The van der Waals surface area contributed by atoms with Gasteiger partial charge in [-0.15, -0.1) is 0 Å². The molecule has 5 heteroatoms. The fraction of sp³-hybridized carbons (Fsp3) is 0.333. The zero-order valence-corrected chi connectivity index (χ0v) is 15.3. The number of hydrogen-bond acceptors (Lipinski definition) is 4. The van der Waals surface area contributed by atoms with Gasteiger partial charge in [0.05, 0.1) is 12.2 Å². The Kier molecular flexibility index (Phi) is 7.68. The zero-order valence-electron chi connectivity index (χ0n) is 15.3. The van der Waals surface area contributed by atoms with E-state index in [0.29, 0.717) is 23.6 Å². The van der Waals surface area contributed by atoms with Crippen LogP contribution >= 0.6 is 0 Å². The lowest BCUT2D eigenvalue weighted by Crippen LogP contribution is -2.20. The highest BCUT2D eigenvalue weighted by molar-refractivity contribution is 5.93. The van der Waals surface area contributed by atoms with Crippen LogP contribution in [0.5, 0.6) is 5.75 Å². The molecule has 5 nitrogen and oxygen atoms in total. The number of ether oxygens (including phenoxy) is 2. The number of aryl methyl sites for hydroxylation is 1. The minimum absolute atomic E-state index is 0.0754. The van der Waals surface area contributed by atoms with E-state index in [0.717, 1.165) is 24.8 Å². The third-order valence-electron chi connectivity index (χ3n) is 3.81. The van der Waals surface area contributed by atoms with Gasteiger partial charge in [-0.25, -0.2) is 4.79 Å². The Bertz CT molecular complexity index is 725. The molecule has 0 atom stereocenters. The van der Waals surface area contributed by atoms with Gasteiger partial charge in [0.1, 0.15) is 5.75 Å². The molecule has 2 rings (SSSR count). The number of rotatable bonds is 9.